The van der Waals surface area contributed by atoms with Crippen molar-refractivity contribution in [3.05, 3.63) is 0 Å². The number of aromatic nitrogens is 3. The fourth-order valence-corrected chi connectivity index (χ4v) is 1.39. The van der Waals surface area contributed by atoms with Gasteiger partial charge in [-0.05, 0) is 13.8 Å². The third-order valence-corrected chi connectivity index (χ3v) is 2.20. The predicted octanol–water partition coefficient (Wildman–Crippen LogP) is -0.519. The number of rotatable bonds is 5. The van der Waals surface area contributed by atoms with Gasteiger partial charge in [-0.25, -0.2) is 0 Å². The Bertz CT molecular complexity index is 447. The number of nitrogens with zero attached hydrogens (tertiary/aromatic N) is 5. The molecule has 8 heteroatoms. The van der Waals surface area contributed by atoms with Crippen LogP contribution in [0.2, 0.25) is 0 Å². The third-order valence-electron chi connectivity index (χ3n) is 2.20. The lowest BCUT2D eigenvalue weighted by Crippen LogP contribution is -2.39. The molecule has 0 saturated carbocycles. The highest BCUT2D eigenvalue weighted by atomic mass is 16.2. The zero-order valence-corrected chi connectivity index (χ0v) is 12.0. The number of anilines is 3. The van der Waals surface area contributed by atoms with Crippen molar-refractivity contribution in [2.24, 2.45) is 0 Å². The molecule has 1 amide bonds. The van der Waals surface area contributed by atoms with E-state index < -0.39 is 0 Å². The molecule has 1 heterocycles. The third kappa shape index (κ3) is 4.57. The monoisotopic (exact) mass is 267 g/mol. The fraction of sp³-hybridized carbons (Fsp3) is 0.636. The topological polar surface area (TPSA) is 100 Å². The summed E-state index contributed by atoms with van der Waals surface area (Å²) in [5.74, 6) is 0.862. The van der Waals surface area contributed by atoms with Crippen LogP contribution in [0.1, 0.15) is 13.8 Å². The normalized spacial score (nSPS) is 10.4. The van der Waals surface area contributed by atoms with Gasteiger partial charge in [-0.2, -0.15) is 15.0 Å². The second-order valence-corrected chi connectivity index (χ2v) is 4.77. The zero-order valence-electron chi connectivity index (χ0n) is 12.0. The van der Waals surface area contributed by atoms with Crippen LogP contribution in [0, 0.1) is 0 Å². The average Bonchev–Trinajstić information content (AvgIpc) is 2.26. The smallest absolute Gasteiger partial charge is 0.239 e. The summed E-state index contributed by atoms with van der Waals surface area (Å²) in [7, 11) is 5.35. The number of likely N-dealkylation sites (N-methyl/N-ethyl adjacent to an activating group) is 1. The van der Waals surface area contributed by atoms with Crippen LogP contribution in [0.5, 0.6) is 0 Å². The first kappa shape index (κ1) is 14.9. The van der Waals surface area contributed by atoms with E-state index in [0.717, 1.165) is 0 Å². The zero-order chi connectivity index (χ0) is 14.6. The van der Waals surface area contributed by atoms with E-state index in [-0.39, 0.29) is 24.4 Å². The van der Waals surface area contributed by atoms with Crippen LogP contribution in [0.25, 0.3) is 0 Å². The van der Waals surface area contributed by atoms with Crippen molar-refractivity contribution in [1.29, 1.82) is 0 Å². The minimum atomic E-state index is -0.0945. The Labute approximate surface area is 113 Å². The van der Waals surface area contributed by atoms with Crippen LogP contribution in [0.15, 0.2) is 0 Å². The molecule has 0 aliphatic carbocycles. The Balaban J connectivity index is 2.81. The van der Waals surface area contributed by atoms with Gasteiger partial charge >= 0.3 is 0 Å². The van der Waals surface area contributed by atoms with Crippen molar-refractivity contribution < 1.29 is 4.79 Å². The van der Waals surface area contributed by atoms with E-state index in [4.69, 9.17) is 5.73 Å². The molecule has 1 aromatic heterocycles. The molecule has 0 radical (unpaired) electrons. The Morgan fingerprint density at radius 2 is 1.79 bits per heavy atom. The van der Waals surface area contributed by atoms with E-state index in [1.165, 1.54) is 0 Å². The molecule has 0 saturated heterocycles. The quantitative estimate of drug-likeness (QED) is 0.740. The molecule has 1 rings (SSSR count). The van der Waals surface area contributed by atoms with Crippen LogP contribution in [0.3, 0.4) is 0 Å². The van der Waals surface area contributed by atoms with Gasteiger partial charge in [0.2, 0.25) is 23.8 Å². The number of nitrogen functional groups attached to an aromatic ring is 1. The van der Waals surface area contributed by atoms with Crippen molar-refractivity contribution in [1.82, 2.24) is 20.3 Å². The van der Waals surface area contributed by atoms with Crippen molar-refractivity contribution in [3.63, 3.8) is 0 Å². The minimum absolute atomic E-state index is 0.0945. The summed E-state index contributed by atoms with van der Waals surface area (Å²) in [6, 6.07) is 0.0988. The molecule has 0 aliphatic rings. The van der Waals surface area contributed by atoms with Crippen molar-refractivity contribution in [2.75, 3.05) is 43.2 Å². The first-order valence-corrected chi connectivity index (χ1v) is 5.99. The summed E-state index contributed by atoms with van der Waals surface area (Å²) in [4.78, 5) is 27.3. The molecule has 0 fully saturated rings. The standard InChI is InChI=1S/C11H21N7O/c1-7(2)13-8(19)6-18(5)11-15-9(12)14-10(16-11)17(3)4/h7H,6H2,1-5H3,(H,13,19)(H2,12,14,15,16). The maximum atomic E-state index is 11.7. The number of amides is 1. The molecule has 3 N–H and O–H groups in total. The van der Waals surface area contributed by atoms with Gasteiger partial charge in [0, 0.05) is 27.2 Å². The highest BCUT2D eigenvalue weighted by molar-refractivity contribution is 5.80. The summed E-state index contributed by atoms with van der Waals surface area (Å²) in [6.07, 6.45) is 0. The number of carbonyl (C=O) groups excluding carboxylic acids is 1. The molecule has 1 aromatic rings. The van der Waals surface area contributed by atoms with Gasteiger partial charge in [-0.1, -0.05) is 0 Å². The molecule has 0 atom stereocenters. The molecule has 8 nitrogen and oxygen atoms in total. The Hall–Kier alpha value is -2.12. The maximum absolute atomic E-state index is 11.7. The first-order chi connectivity index (χ1) is 8.79. The molecular formula is C11H21N7O. The second kappa shape index (κ2) is 6.17. The van der Waals surface area contributed by atoms with Crippen LogP contribution < -0.4 is 20.9 Å². The molecular weight excluding hydrogens is 246 g/mol. The molecule has 0 spiro atoms. The minimum Gasteiger partial charge on any atom is -0.368 e. The van der Waals surface area contributed by atoms with Gasteiger partial charge in [-0.3, -0.25) is 4.79 Å². The van der Waals surface area contributed by atoms with Gasteiger partial charge in [0.05, 0.1) is 6.54 Å². The number of nitrogens with one attached hydrogen (secondary N) is 1. The predicted molar refractivity (Wildman–Crippen MR) is 75.1 cm³/mol. The van der Waals surface area contributed by atoms with E-state index in [9.17, 15) is 4.79 Å². The van der Waals surface area contributed by atoms with Crippen molar-refractivity contribution >= 4 is 23.8 Å². The Morgan fingerprint density at radius 1 is 1.21 bits per heavy atom. The highest BCUT2D eigenvalue weighted by Gasteiger charge is 2.13. The van der Waals surface area contributed by atoms with Gasteiger partial charge in [0.25, 0.3) is 0 Å². The summed E-state index contributed by atoms with van der Waals surface area (Å²) in [6.45, 7) is 3.97. The van der Waals surface area contributed by atoms with Crippen molar-refractivity contribution in [3.8, 4) is 0 Å². The molecule has 19 heavy (non-hydrogen) atoms. The lowest BCUT2D eigenvalue weighted by Gasteiger charge is -2.19. The lowest BCUT2D eigenvalue weighted by atomic mass is 10.4. The van der Waals surface area contributed by atoms with Crippen LogP contribution in [-0.2, 0) is 4.79 Å². The van der Waals surface area contributed by atoms with E-state index >= 15 is 0 Å². The van der Waals surface area contributed by atoms with E-state index in [2.05, 4.69) is 20.3 Å². The number of carbonyl (C=O) groups is 1. The summed E-state index contributed by atoms with van der Waals surface area (Å²) in [5, 5.41) is 2.80. The highest BCUT2D eigenvalue weighted by Crippen LogP contribution is 2.11. The number of hydrogen-bond acceptors (Lipinski definition) is 7. The van der Waals surface area contributed by atoms with Gasteiger partial charge < -0.3 is 20.9 Å². The molecule has 106 valence electrons. The van der Waals surface area contributed by atoms with Gasteiger partial charge in [-0.15, -0.1) is 0 Å². The number of nitrogens with two attached hydrogens (primary N) is 1. The molecule has 0 bridgehead atoms. The summed E-state index contributed by atoms with van der Waals surface area (Å²) in [5.41, 5.74) is 5.63. The Morgan fingerprint density at radius 3 is 2.32 bits per heavy atom. The van der Waals surface area contributed by atoms with E-state index in [1.807, 2.05) is 27.9 Å². The first-order valence-electron chi connectivity index (χ1n) is 5.99. The number of hydrogen-bond donors (Lipinski definition) is 2. The largest absolute Gasteiger partial charge is 0.368 e. The average molecular weight is 267 g/mol. The fourth-order valence-electron chi connectivity index (χ4n) is 1.39. The maximum Gasteiger partial charge on any atom is 0.239 e. The van der Waals surface area contributed by atoms with Gasteiger partial charge in [0.15, 0.2) is 0 Å². The van der Waals surface area contributed by atoms with E-state index in [1.54, 1.807) is 16.8 Å². The molecule has 0 aliphatic heterocycles. The van der Waals surface area contributed by atoms with E-state index in [0.29, 0.717) is 11.9 Å². The van der Waals surface area contributed by atoms with Crippen LogP contribution in [0.4, 0.5) is 17.8 Å². The van der Waals surface area contributed by atoms with Gasteiger partial charge in [0.1, 0.15) is 0 Å². The summed E-state index contributed by atoms with van der Waals surface area (Å²) >= 11 is 0. The summed E-state index contributed by atoms with van der Waals surface area (Å²) < 4.78 is 0. The molecule has 0 unspecified atom stereocenters. The van der Waals surface area contributed by atoms with Crippen LogP contribution in [-0.4, -0.2) is 54.6 Å². The second-order valence-electron chi connectivity index (χ2n) is 4.77. The van der Waals surface area contributed by atoms with Crippen LogP contribution >= 0.6 is 0 Å². The Kier molecular flexibility index (Phi) is 4.85. The SMILES string of the molecule is CC(C)NC(=O)CN(C)c1nc(N)nc(N(C)C)n1. The lowest BCUT2D eigenvalue weighted by molar-refractivity contribution is -0.120. The van der Waals surface area contributed by atoms with Crippen molar-refractivity contribution in [2.45, 2.75) is 19.9 Å². The molecule has 0 aromatic carbocycles.